The fourth-order valence-corrected chi connectivity index (χ4v) is 3.18. The van der Waals surface area contributed by atoms with Gasteiger partial charge in [-0.2, -0.15) is 0 Å². The maximum atomic E-state index is 12.5. The molecule has 0 bridgehead atoms. The van der Waals surface area contributed by atoms with Crippen LogP contribution in [0.15, 0.2) is 82.6 Å². The van der Waals surface area contributed by atoms with Crippen LogP contribution in [-0.4, -0.2) is 19.9 Å². The second-order valence-corrected chi connectivity index (χ2v) is 6.97. The number of benzene rings is 1. The number of halogens is 1. The van der Waals surface area contributed by atoms with Crippen LogP contribution in [0.3, 0.4) is 0 Å². The highest BCUT2D eigenvalue weighted by Crippen LogP contribution is 2.16. The molecule has 8 heteroatoms. The fraction of sp³-hybridized carbons (Fsp3) is 0.0909. The molecule has 0 spiro atoms. The normalized spacial score (nSPS) is 10.8. The minimum atomic E-state index is -0.627. The van der Waals surface area contributed by atoms with Gasteiger partial charge in [0, 0.05) is 29.5 Å². The van der Waals surface area contributed by atoms with Crippen LogP contribution in [0, 0.1) is 0 Å². The van der Waals surface area contributed by atoms with Gasteiger partial charge in [-0.25, -0.2) is 9.78 Å². The third kappa shape index (κ3) is 4.16. The van der Waals surface area contributed by atoms with Gasteiger partial charge in [0.15, 0.2) is 0 Å². The molecule has 7 nitrogen and oxygen atoms in total. The number of hydrogen-bond donors (Lipinski definition) is 0. The molecule has 30 heavy (non-hydrogen) atoms. The molecular formula is C22H16ClN3O4. The number of pyridine rings is 2. The van der Waals surface area contributed by atoms with Crippen molar-refractivity contribution in [3.8, 4) is 0 Å². The Morgan fingerprint density at radius 2 is 1.80 bits per heavy atom. The van der Waals surface area contributed by atoms with Crippen molar-refractivity contribution in [1.82, 2.24) is 14.0 Å². The number of carbonyl (C=O) groups is 1. The summed E-state index contributed by atoms with van der Waals surface area (Å²) in [5, 5.41) is 0.533. The predicted molar refractivity (Wildman–Crippen MR) is 112 cm³/mol. The van der Waals surface area contributed by atoms with E-state index in [0.717, 1.165) is 5.56 Å². The van der Waals surface area contributed by atoms with Crippen LogP contribution in [0.4, 0.5) is 0 Å². The lowest BCUT2D eigenvalue weighted by molar-refractivity contribution is 0.0466. The summed E-state index contributed by atoms with van der Waals surface area (Å²) in [6.07, 6.45) is 3.04. The predicted octanol–water partition coefficient (Wildman–Crippen LogP) is 2.91. The summed E-state index contributed by atoms with van der Waals surface area (Å²) in [6.45, 7) is 0.0612. The first-order valence-corrected chi connectivity index (χ1v) is 9.47. The smallest absolute Gasteiger partial charge is 0.340 e. The van der Waals surface area contributed by atoms with E-state index in [4.69, 9.17) is 16.3 Å². The second-order valence-electron chi connectivity index (χ2n) is 6.57. The lowest BCUT2D eigenvalue weighted by atomic mass is 10.2. The van der Waals surface area contributed by atoms with Crippen molar-refractivity contribution in [2.45, 2.75) is 13.2 Å². The van der Waals surface area contributed by atoms with Crippen LogP contribution in [0.5, 0.6) is 0 Å². The zero-order chi connectivity index (χ0) is 21.1. The Morgan fingerprint density at radius 1 is 1.00 bits per heavy atom. The topological polar surface area (TPSA) is 82.7 Å². The molecule has 0 N–H and O–H groups in total. The Bertz CT molecular complexity index is 1360. The van der Waals surface area contributed by atoms with Crippen LogP contribution < -0.4 is 11.1 Å². The fourth-order valence-electron chi connectivity index (χ4n) is 2.99. The highest BCUT2D eigenvalue weighted by Gasteiger charge is 2.12. The summed E-state index contributed by atoms with van der Waals surface area (Å²) in [7, 11) is 0. The maximum Gasteiger partial charge on any atom is 0.340 e. The van der Waals surface area contributed by atoms with Crippen molar-refractivity contribution in [2.24, 2.45) is 0 Å². The van der Waals surface area contributed by atoms with E-state index in [9.17, 15) is 14.4 Å². The first kappa shape index (κ1) is 19.6. The van der Waals surface area contributed by atoms with Gasteiger partial charge in [-0.15, -0.1) is 0 Å². The van der Waals surface area contributed by atoms with Crippen molar-refractivity contribution in [3.05, 3.63) is 116 Å². The Kier molecular flexibility index (Phi) is 5.45. The van der Waals surface area contributed by atoms with E-state index in [1.54, 1.807) is 36.5 Å². The Labute approximate surface area is 175 Å². The van der Waals surface area contributed by atoms with Crippen molar-refractivity contribution < 1.29 is 9.53 Å². The van der Waals surface area contributed by atoms with Crippen LogP contribution in [0.1, 0.15) is 21.6 Å². The van der Waals surface area contributed by atoms with E-state index in [0.29, 0.717) is 16.4 Å². The Hall–Kier alpha value is -3.71. The van der Waals surface area contributed by atoms with Gasteiger partial charge in [-0.3, -0.25) is 14.0 Å². The third-order valence-electron chi connectivity index (χ3n) is 4.49. The molecule has 0 unspecified atom stereocenters. The van der Waals surface area contributed by atoms with Crippen molar-refractivity contribution in [1.29, 1.82) is 0 Å². The molecule has 1 aromatic carbocycles. The maximum absolute atomic E-state index is 12.5. The lowest BCUT2D eigenvalue weighted by Gasteiger charge is -2.10. The van der Waals surface area contributed by atoms with Crippen LogP contribution >= 0.6 is 11.6 Å². The molecule has 0 aliphatic heterocycles. The molecule has 0 atom stereocenters. The standard InChI is InChI=1S/C22H16ClN3O4/c23-18-6-2-1-5-15(18)12-25-13-16(8-9-20(25)27)22(29)30-14-17-11-21(28)26-10-4-3-7-19(26)24-17/h1-11,13H,12,14H2. The molecular weight excluding hydrogens is 406 g/mol. The molecule has 0 fully saturated rings. The van der Waals surface area contributed by atoms with Gasteiger partial charge in [0.05, 0.1) is 17.8 Å². The van der Waals surface area contributed by atoms with E-state index in [-0.39, 0.29) is 29.8 Å². The molecule has 0 aliphatic rings. The molecule has 4 rings (SSSR count). The van der Waals surface area contributed by atoms with E-state index in [2.05, 4.69) is 4.98 Å². The molecule has 150 valence electrons. The zero-order valence-electron chi connectivity index (χ0n) is 15.7. The van der Waals surface area contributed by atoms with E-state index < -0.39 is 5.97 Å². The quantitative estimate of drug-likeness (QED) is 0.463. The van der Waals surface area contributed by atoms with Gasteiger partial charge in [-0.1, -0.05) is 35.9 Å². The molecule has 0 radical (unpaired) electrons. The Balaban J connectivity index is 1.52. The zero-order valence-corrected chi connectivity index (χ0v) is 16.5. The number of fused-ring (bicyclic) bond motifs is 1. The lowest BCUT2D eigenvalue weighted by Crippen LogP contribution is -2.21. The summed E-state index contributed by atoms with van der Waals surface area (Å²) in [6, 6.07) is 16.4. The summed E-state index contributed by atoms with van der Waals surface area (Å²) < 4.78 is 8.08. The summed E-state index contributed by atoms with van der Waals surface area (Å²) in [4.78, 5) is 41.1. The van der Waals surface area contributed by atoms with Gasteiger partial charge < -0.3 is 9.30 Å². The number of esters is 1. The molecule has 0 aliphatic carbocycles. The minimum Gasteiger partial charge on any atom is -0.456 e. The number of rotatable bonds is 5. The first-order valence-electron chi connectivity index (χ1n) is 9.09. The van der Waals surface area contributed by atoms with Crippen molar-refractivity contribution >= 4 is 23.2 Å². The molecule has 3 aromatic heterocycles. The number of nitrogens with zero attached hydrogens (tertiary/aromatic N) is 3. The van der Waals surface area contributed by atoms with Crippen molar-refractivity contribution in [3.63, 3.8) is 0 Å². The summed E-state index contributed by atoms with van der Waals surface area (Å²) in [5.74, 6) is -0.627. The van der Waals surface area contributed by atoms with Gasteiger partial charge in [0.2, 0.25) is 0 Å². The molecule has 0 saturated carbocycles. The Morgan fingerprint density at radius 3 is 2.63 bits per heavy atom. The molecule has 0 saturated heterocycles. The van der Waals surface area contributed by atoms with Crippen LogP contribution in [0.25, 0.3) is 5.65 Å². The summed E-state index contributed by atoms with van der Waals surface area (Å²) in [5.41, 5.74) is 1.23. The van der Waals surface area contributed by atoms with Gasteiger partial charge in [0.1, 0.15) is 12.3 Å². The highest BCUT2D eigenvalue weighted by molar-refractivity contribution is 6.31. The SMILES string of the molecule is O=C(OCc1cc(=O)n2ccccc2n1)c1ccc(=O)n(Cc2ccccc2Cl)c1. The molecule has 0 amide bonds. The monoisotopic (exact) mass is 421 g/mol. The van der Waals surface area contributed by atoms with Gasteiger partial charge >= 0.3 is 5.97 Å². The second kappa shape index (κ2) is 8.34. The number of carbonyl (C=O) groups excluding carboxylic acids is 1. The average molecular weight is 422 g/mol. The van der Waals surface area contributed by atoms with E-state index >= 15 is 0 Å². The van der Waals surface area contributed by atoms with Crippen LogP contribution in [-0.2, 0) is 17.9 Å². The first-order chi connectivity index (χ1) is 14.5. The van der Waals surface area contributed by atoms with E-state index in [1.807, 2.05) is 12.1 Å². The van der Waals surface area contributed by atoms with E-state index in [1.165, 1.54) is 33.4 Å². The minimum absolute atomic E-state index is 0.164. The average Bonchev–Trinajstić information content (AvgIpc) is 2.75. The van der Waals surface area contributed by atoms with Crippen molar-refractivity contribution in [2.75, 3.05) is 0 Å². The highest BCUT2D eigenvalue weighted by atomic mass is 35.5. The number of aromatic nitrogens is 3. The van der Waals surface area contributed by atoms with Gasteiger partial charge in [-0.05, 0) is 29.8 Å². The van der Waals surface area contributed by atoms with Gasteiger partial charge in [0.25, 0.3) is 11.1 Å². The van der Waals surface area contributed by atoms with Crippen LogP contribution in [0.2, 0.25) is 5.02 Å². The third-order valence-corrected chi connectivity index (χ3v) is 4.86. The largest absolute Gasteiger partial charge is 0.456 e. The molecule has 4 aromatic rings. The molecule has 3 heterocycles. The number of ether oxygens (including phenoxy) is 1. The summed E-state index contributed by atoms with van der Waals surface area (Å²) >= 11 is 6.16. The number of hydrogen-bond acceptors (Lipinski definition) is 5.